The number of aliphatic carboxylic acids is 1. The van der Waals surface area contributed by atoms with Gasteiger partial charge < -0.3 is 14.9 Å². The summed E-state index contributed by atoms with van der Waals surface area (Å²) in [6.45, 7) is 7.84. The number of amides is 2. The second-order valence-electron chi connectivity index (χ2n) is 6.94. The van der Waals surface area contributed by atoms with E-state index in [2.05, 4.69) is 0 Å². The van der Waals surface area contributed by atoms with Gasteiger partial charge in [0.1, 0.15) is 0 Å². The fourth-order valence-corrected chi connectivity index (χ4v) is 3.18. The first kappa shape index (κ1) is 16.1. The summed E-state index contributed by atoms with van der Waals surface area (Å²) in [6, 6.07) is 0.191. The average molecular weight is 296 g/mol. The van der Waals surface area contributed by atoms with Crippen LogP contribution >= 0.6 is 0 Å². The predicted octanol–water partition coefficient (Wildman–Crippen LogP) is 2.80. The van der Waals surface area contributed by atoms with Gasteiger partial charge in [0.25, 0.3) is 0 Å². The van der Waals surface area contributed by atoms with E-state index < -0.39 is 11.4 Å². The minimum absolute atomic E-state index is 0.0238. The van der Waals surface area contributed by atoms with E-state index in [4.69, 9.17) is 0 Å². The van der Waals surface area contributed by atoms with Crippen molar-refractivity contribution in [2.45, 2.75) is 58.9 Å². The Morgan fingerprint density at radius 2 is 2.05 bits per heavy atom. The molecular formula is C16H28N2O3. The Hall–Kier alpha value is -1.26. The van der Waals surface area contributed by atoms with Crippen LogP contribution in [0.2, 0.25) is 0 Å². The highest BCUT2D eigenvalue weighted by atomic mass is 16.4. The molecule has 5 nitrogen and oxygen atoms in total. The van der Waals surface area contributed by atoms with Crippen molar-refractivity contribution >= 4 is 12.0 Å². The first-order chi connectivity index (χ1) is 9.89. The fourth-order valence-electron chi connectivity index (χ4n) is 3.18. The van der Waals surface area contributed by atoms with Gasteiger partial charge in [-0.3, -0.25) is 4.79 Å². The highest BCUT2D eigenvalue weighted by molar-refractivity contribution is 5.79. The molecule has 1 saturated heterocycles. The maximum atomic E-state index is 12.8. The molecule has 1 saturated carbocycles. The maximum Gasteiger partial charge on any atom is 0.320 e. The van der Waals surface area contributed by atoms with E-state index in [9.17, 15) is 14.7 Å². The van der Waals surface area contributed by atoms with E-state index in [1.165, 1.54) is 12.8 Å². The number of piperidine rings is 1. The minimum atomic E-state index is -0.763. The number of hydrogen-bond acceptors (Lipinski definition) is 2. The Kier molecular flexibility index (Phi) is 4.79. The molecule has 0 spiro atoms. The van der Waals surface area contributed by atoms with Crippen LogP contribution < -0.4 is 0 Å². The van der Waals surface area contributed by atoms with E-state index in [0.29, 0.717) is 31.8 Å². The monoisotopic (exact) mass is 296 g/mol. The molecule has 2 amide bonds. The maximum absolute atomic E-state index is 12.8. The zero-order chi connectivity index (χ0) is 15.6. The largest absolute Gasteiger partial charge is 0.481 e. The predicted molar refractivity (Wildman–Crippen MR) is 81.1 cm³/mol. The molecule has 1 aliphatic heterocycles. The molecule has 21 heavy (non-hydrogen) atoms. The molecule has 5 heteroatoms. The van der Waals surface area contributed by atoms with E-state index in [1.807, 2.05) is 25.7 Å². The first-order valence-corrected chi connectivity index (χ1v) is 8.18. The van der Waals surface area contributed by atoms with Crippen LogP contribution in [0.3, 0.4) is 0 Å². The van der Waals surface area contributed by atoms with Crippen molar-refractivity contribution in [2.75, 3.05) is 19.6 Å². The van der Waals surface area contributed by atoms with Gasteiger partial charge in [0.05, 0.1) is 5.41 Å². The number of carbonyl (C=O) groups excluding carboxylic acids is 1. The molecule has 1 N–H and O–H groups in total. The van der Waals surface area contributed by atoms with Crippen LogP contribution in [-0.2, 0) is 4.79 Å². The second-order valence-corrected chi connectivity index (χ2v) is 6.94. The number of carbonyl (C=O) groups is 2. The molecule has 120 valence electrons. The molecule has 2 aliphatic rings. The highest BCUT2D eigenvalue weighted by Crippen LogP contribution is 2.35. The molecule has 1 heterocycles. The van der Waals surface area contributed by atoms with Crippen LogP contribution in [0.1, 0.15) is 52.9 Å². The van der Waals surface area contributed by atoms with Crippen LogP contribution in [0, 0.1) is 11.3 Å². The number of nitrogens with zero attached hydrogens (tertiary/aromatic N) is 2. The quantitative estimate of drug-likeness (QED) is 0.848. The molecule has 1 aliphatic carbocycles. The van der Waals surface area contributed by atoms with Crippen molar-refractivity contribution < 1.29 is 14.7 Å². The van der Waals surface area contributed by atoms with Crippen molar-refractivity contribution in [2.24, 2.45) is 11.3 Å². The topological polar surface area (TPSA) is 60.9 Å². The van der Waals surface area contributed by atoms with Crippen LogP contribution in [-0.4, -0.2) is 52.6 Å². The summed E-state index contributed by atoms with van der Waals surface area (Å²) < 4.78 is 0. The van der Waals surface area contributed by atoms with Gasteiger partial charge in [-0.2, -0.15) is 0 Å². The third-order valence-electron chi connectivity index (χ3n) is 5.00. The Morgan fingerprint density at radius 1 is 1.38 bits per heavy atom. The zero-order valence-corrected chi connectivity index (χ0v) is 13.5. The van der Waals surface area contributed by atoms with Gasteiger partial charge in [0.15, 0.2) is 0 Å². The van der Waals surface area contributed by atoms with Gasteiger partial charge in [-0.05, 0) is 51.9 Å². The highest BCUT2D eigenvalue weighted by Gasteiger charge is 2.43. The lowest BCUT2D eigenvalue weighted by molar-refractivity contribution is -0.152. The zero-order valence-electron chi connectivity index (χ0n) is 13.5. The molecule has 1 unspecified atom stereocenters. The van der Waals surface area contributed by atoms with Gasteiger partial charge in [-0.15, -0.1) is 0 Å². The van der Waals surface area contributed by atoms with Crippen molar-refractivity contribution in [1.82, 2.24) is 9.80 Å². The lowest BCUT2D eigenvalue weighted by Gasteiger charge is -2.42. The van der Waals surface area contributed by atoms with Crippen LogP contribution in [0.15, 0.2) is 0 Å². The molecule has 2 fully saturated rings. The molecule has 0 radical (unpaired) electrons. The number of likely N-dealkylation sites (tertiary alicyclic amines) is 1. The van der Waals surface area contributed by atoms with Gasteiger partial charge in [0, 0.05) is 25.7 Å². The van der Waals surface area contributed by atoms with Crippen LogP contribution in [0.4, 0.5) is 4.79 Å². The van der Waals surface area contributed by atoms with Crippen molar-refractivity contribution in [3.8, 4) is 0 Å². The summed E-state index contributed by atoms with van der Waals surface area (Å²) >= 11 is 0. The summed E-state index contributed by atoms with van der Waals surface area (Å²) in [4.78, 5) is 28.1. The Bertz CT molecular complexity index is 406. The van der Waals surface area contributed by atoms with Crippen LogP contribution in [0.5, 0.6) is 0 Å². The third kappa shape index (κ3) is 3.50. The second kappa shape index (κ2) is 6.24. The number of carboxylic acid groups (broad SMARTS) is 1. The normalized spacial score (nSPS) is 26.0. The lowest BCUT2D eigenvalue weighted by Crippen LogP contribution is -2.55. The number of carboxylic acids is 1. The van der Waals surface area contributed by atoms with Gasteiger partial charge >= 0.3 is 12.0 Å². The van der Waals surface area contributed by atoms with Gasteiger partial charge in [0.2, 0.25) is 0 Å². The van der Waals surface area contributed by atoms with Crippen molar-refractivity contribution in [3.63, 3.8) is 0 Å². The van der Waals surface area contributed by atoms with E-state index in [1.54, 1.807) is 4.90 Å². The number of rotatable bonds is 5. The van der Waals surface area contributed by atoms with Crippen molar-refractivity contribution in [3.05, 3.63) is 0 Å². The smallest absolute Gasteiger partial charge is 0.320 e. The first-order valence-electron chi connectivity index (χ1n) is 8.18. The Labute approximate surface area is 127 Å². The standard InChI is InChI=1S/C16H28N2O3/c1-4-16(14(19)20)8-5-9-17(11-16)15(21)18(12(2)3)10-13-6-7-13/h12-13H,4-11H2,1-3H3,(H,19,20). The molecule has 0 aromatic carbocycles. The van der Waals surface area contributed by atoms with Crippen LogP contribution in [0.25, 0.3) is 0 Å². The van der Waals surface area contributed by atoms with E-state index in [-0.39, 0.29) is 12.1 Å². The molecule has 2 rings (SSSR count). The SMILES string of the molecule is CCC1(C(=O)O)CCCN(C(=O)N(CC2CC2)C(C)C)C1. The number of hydrogen-bond donors (Lipinski definition) is 1. The molecule has 0 aromatic rings. The molecule has 1 atom stereocenters. The number of urea groups is 1. The summed E-state index contributed by atoms with van der Waals surface area (Å²) in [5.41, 5.74) is -0.754. The summed E-state index contributed by atoms with van der Waals surface area (Å²) in [5, 5.41) is 9.54. The third-order valence-corrected chi connectivity index (χ3v) is 5.00. The Morgan fingerprint density at radius 3 is 2.52 bits per heavy atom. The molecular weight excluding hydrogens is 268 g/mol. The van der Waals surface area contributed by atoms with Gasteiger partial charge in [-0.25, -0.2) is 4.79 Å². The lowest BCUT2D eigenvalue weighted by atomic mass is 9.78. The summed E-state index contributed by atoms with van der Waals surface area (Å²) in [7, 11) is 0. The Balaban J connectivity index is 2.07. The van der Waals surface area contributed by atoms with E-state index >= 15 is 0 Å². The summed E-state index contributed by atoms with van der Waals surface area (Å²) in [6.07, 6.45) is 4.46. The minimum Gasteiger partial charge on any atom is -0.481 e. The summed E-state index contributed by atoms with van der Waals surface area (Å²) in [5.74, 6) is -0.114. The molecule has 0 aromatic heterocycles. The van der Waals surface area contributed by atoms with Gasteiger partial charge in [-0.1, -0.05) is 6.92 Å². The van der Waals surface area contributed by atoms with Crippen molar-refractivity contribution in [1.29, 1.82) is 0 Å². The average Bonchev–Trinajstić information content (AvgIpc) is 3.27. The van der Waals surface area contributed by atoms with E-state index in [0.717, 1.165) is 13.0 Å². The fraction of sp³-hybridized carbons (Fsp3) is 0.875. The molecule has 0 bridgehead atoms.